The second-order valence-electron chi connectivity index (χ2n) is 16.8. The first-order valence-electron chi connectivity index (χ1n) is 20.5. The average Bonchev–Trinajstić information content (AvgIpc) is 3.48. The van der Waals surface area contributed by atoms with E-state index in [2.05, 4.69) is 245 Å². The standard InChI is InChI=1S/C56H50N2/c1-40-16-26-47(27-17-40)57(49-30-20-44(21-31-49)42-12-8-6-9-13-42)51-34-24-46(25-35-51)56(5)39-55(3,4)53-37-36-52(38-54(53)56)58(48-28-18-41(2)19-29-48)50-32-22-45(23-33-50)43-14-10-7-11-15-43/h6-38H,39H2,1-5H3. The maximum Gasteiger partial charge on any atom is 0.0464 e. The highest BCUT2D eigenvalue weighted by Crippen LogP contribution is 2.54. The van der Waals surface area contributed by atoms with E-state index >= 15 is 0 Å². The molecular formula is C56H50N2. The van der Waals surface area contributed by atoms with Crippen molar-refractivity contribution in [1.29, 1.82) is 0 Å². The Hall–Kier alpha value is -6.64. The number of hydrogen-bond donors (Lipinski definition) is 0. The zero-order valence-electron chi connectivity index (χ0n) is 34.2. The van der Waals surface area contributed by atoms with Gasteiger partial charge in [0.25, 0.3) is 0 Å². The third-order valence-corrected chi connectivity index (χ3v) is 12.2. The molecule has 0 bridgehead atoms. The molecule has 1 aliphatic rings. The van der Waals surface area contributed by atoms with E-state index in [0.29, 0.717) is 0 Å². The molecule has 9 rings (SSSR count). The van der Waals surface area contributed by atoms with E-state index in [1.807, 2.05) is 0 Å². The van der Waals surface area contributed by atoms with Crippen LogP contribution in [0.3, 0.4) is 0 Å². The SMILES string of the molecule is Cc1ccc(N(c2ccc(-c3ccccc3)cc2)c2ccc(C3(C)CC(C)(C)c4ccc(N(c5ccc(C)cc5)c5ccc(-c6ccccc6)cc5)cc43)cc2)cc1. The monoisotopic (exact) mass is 750 g/mol. The van der Waals surface area contributed by atoms with Gasteiger partial charge in [0.2, 0.25) is 0 Å². The van der Waals surface area contributed by atoms with E-state index in [9.17, 15) is 0 Å². The van der Waals surface area contributed by atoms with Crippen LogP contribution in [0.4, 0.5) is 34.1 Å². The van der Waals surface area contributed by atoms with Gasteiger partial charge in [-0.1, -0.05) is 159 Å². The number of nitrogens with zero attached hydrogens (tertiary/aromatic N) is 2. The Morgan fingerprint density at radius 2 is 0.690 bits per heavy atom. The molecule has 1 atom stereocenters. The van der Waals surface area contributed by atoms with Crippen LogP contribution in [0.2, 0.25) is 0 Å². The molecule has 0 saturated heterocycles. The zero-order chi connectivity index (χ0) is 39.9. The number of rotatable bonds is 9. The van der Waals surface area contributed by atoms with Crippen LogP contribution in [0.5, 0.6) is 0 Å². The minimum atomic E-state index is -0.185. The van der Waals surface area contributed by atoms with Crippen LogP contribution in [-0.2, 0) is 10.8 Å². The van der Waals surface area contributed by atoms with E-state index in [1.165, 1.54) is 55.8 Å². The molecule has 0 aromatic heterocycles. The van der Waals surface area contributed by atoms with E-state index in [-0.39, 0.29) is 10.8 Å². The first kappa shape index (κ1) is 37.0. The average molecular weight is 751 g/mol. The molecule has 2 heteroatoms. The van der Waals surface area contributed by atoms with Crippen LogP contribution in [0.1, 0.15) is 55.0 Å². The third kappa shape index (κ3) is 7.01. The summed E-state index contributed by atoms with van der Waals surface area (Å²) in [6.45, 7) is 11.6. The summed E-state index contributed by atoms with van der Waals surface area (Å²) in [5.41, 5.74) is 18.2. The smallest absolute Gasteiger partial charge is 0.0464 e. The molecule has 0 amide bonds. The van der Waals surface area contributed by atoms with E-state index in [4.69, 9.17) is 0 Å². The highest BCUT2D eigenvalue weighted by molar-refractivity contribution is 5.81. The Balaban J connectivity index is 1.10. The number of anilines is 6. The summed E-state index contributed by atoms with van der Waals surface area (Å²) >= 11 is 0. The Kier molecular flexibility index (Phi) is 9.58. The lowest BCUT2D eigenvalue weighted by Gasteiger charge is -2.31. The van der Waals surface area contributed by atoms with E-state index in [1.54, 1.807) is 0 Å². The number of fused-ring (bicyclic) bond motifs is 1. The normalized spacial score (nSPS) is 15.5. The van der Waals surface area contributed by atoms with Crippen molar-refractivity contribution in [3.8, 4) is 22.3 Å². The van der Waals surface area contributed by atoms with Gasteiger partial charge in [0.1, 0.15) is 0 Å². The predicted octanol–water partition coefficient (Wildman–Crippen LogP) is 15.6. The molecule has 0 fully saturated rings. The molecule has 0 heterocycles. The minimum Gasteiger partial charge on any atom is -0.311 e. The molecule has 0 spiro atoms. The molecule has 0 saturated carbocycles. The van der Waals surface area contributed by atoms with Crippen LogP contribution >= 0.6 is 0 Å². The van der Waals surface area contributed by atoms with Crippen LogP contribution in [-0.4, -0.2) is 0 Å². The Labute approximate surface area is 344 Å². The largest absolute Gasteiger partial charge is 0.311 e. The molecule has 1 unspecified atom stereocenters. The van der Waals surface area contributed by atoms with Gasteiger partial charge >= 0.3 is 0 Å². The minimum absolute atomic E-state index is 0.0156. The van der Waals surface area contributed by atoms with Gasteiger partial charge in [-0.05, 0) is 137 Å². The highest BCUT2D eigenvalue weighted by atomic mass is 15.1. The molecule has 8 aromatic carbocycles. The summed E-state index contributed by atoms with van der Waals surface area (Å²) in [6.07, 6.45) is 1.02. The van der Waals surface area contributed by atoms with Crippen molar-refractivity contribution < 1.29 is 0 Å². The van der Waals surface area contributed by atoms with Gasteiger partial charge in [-0.2, -0.15) is 0 Å². The van der Waals surface area contributed by atoms with Gasteiger partial charge < -0.3 is 9.80 Å². The maximum absolute atomic E-state index is 2.47. The number of hydrogen-bond acceptors (Lipinski definition) is 2. The lowest BCUT2D eigenvalue weighted by molar-refractivity contribution is 0.425. The number of aryl methyl sites for hydroxylation is 2. The summed E-state index contributed by atoms with van der Waals surface area (Å²) in [5, 5.41) is 0. The second kappa shape index (κ2) is 15.0. The molecular weight excluding hydrogens is 701 g/mol. The summed E-state index contributed by atoms with van der Waals surface area (Å²) in [6, 6.07) is 73.4. The highest BCUT2D eigenvalue weighted by Gasteiger charge is 2.46. The summed E-state index contributed by atoms with van der Waals surface area (Å²) < 4.78 is 0. The van der Waals surface area contributed by atoms with Crippen molar-refractivity contribution in [2.75, 3.05) is 9.80 Å². The summed E-state index contributed by atoms with van der Waals surface area (Å²) in [5.74, 6) is 0. The van der Waals surface area contributed by atoms with Crippen molar-refractivity contribution in [1.82, 2.24) is 0 Å². The van der Waals surface area contributed by atoms with Crippen molar-refractivity contribution in [2.24, 2.45) is 0 Å². The Morgan fingerprint density at radius 1 is 0.345 bits per heavy atom. The fraction of sp³-hybridized carbons (Fsp3) is 0.143. The Bertz CT molecular complexity index is 2640. The first-order chi connectivity index (χ1) is 28.2. The summed E-state index contributed by atoms with van der Waals surface area (Å²) in [4.78, 5) is 4.78. The molecule has 0 aliphatic heterocycles. The van der Waals surface area contributed by atoms with Gasteiger partial charge in [0, 0.05) is 39.5 Å². The lowest BCUT2D eigenvalue weighted by atomic mass is 9.75. The number of benzene rings is 8. The molecule has 0 radical (unpaired) electrons. The second-order valence-corrected chi connectivity index (χ2v) is 16.8. The van der Waals surface area contributed by atoms with Gasteiger partial charge in [-0.3, -0.25) is 0 Å². The van der Waals surface area contributed by atoms with Crippen molar-refractivity contribution in [2.45, 2.75) is 51.9 Å². The first-order valence-corrected chi connectivity index (χ1v) is 20.5. The lowest BCUT2D eigenvalue weighted by Crippen LogP contribution is -2.23. The van der Waals surface area contributed by atoms with Crippen molar-refractivity contribution in [3.05, 3.63) is 228 Å². The molecule has 8 aromatic rings. The van der Waals surface area contributed by atoms with Gasteiger partial charge in [-0.15, -0.1) is 0 Å². The summed E-state index contributed by atoms with van der Waals surface area (Å²) in [7, 11) is 0. The van der Waals surface area contributed by atoms with Gasteiger partial charge in [-0.25, -0.2) is 0 Å². The molecule has 0 N–H and O–H groups in total. The predicted molar refractivity (Wildman–Crippen MR) is 247 cm³/mol. The molecule has 58 heavy (non-hydrogen) atoms. The van der Waals surface area contributed by atoms with Crippen LogP contribution < -0.4 is 9.80 Å². The van der Waals surface area contributed by atoms with Crippen molar-refractivity contribution in [3.63, 3.8) is 0 Å². The van der Waals surface area contributed by atoms with Gasteiger partial charge in [0.05, 0.1) is 0 Å². The molecule has 284 valence electrons. The quantitative estimate of drug-likeness (QED) is 0.145. The fourth-order valence-electron chi connectivity index (χ4n) is 9.18. The van der Waals surface area contributed by atoms with Crippen LogP contribution in [0, 0.1) is 13.8 Å². The van der Waals surface area contributed by atoms with Crippen molar-refractivity contribution >= 4 is 34.1 Å². The molecule has 2 nitrogen and oxygen atoms in total. The van der Waals surface area contributed by atoms with Gasteiger partial charge in [0.15, 0.2) is 0 Å². The Morgan fingerprint density at radius 3 is 1.12 bits per heavy atom. The van der Waals surface area contributed by atoms with Crippen LogP contribution in [0.15, 0.2) is 200 Å². The fourth-order valence-corrected chi connectivity index (χ4v) is 9.18. The maximum atomic E-state index is 2.47. The zero-order valence-corrected chi connectivity index (χ0v) is 34.2. The van der Waals surface area contributed by atoms with E-state index < -0.39 is 0 Å². The molecule has 1 aliphatic carbocycles. The van der Waals surface area contributed by atoms with Crippen LogP contribution in [0.25, 0.3) is 22.3 Å². The third-order valence-electron chi connectivity index (χ3n) is 12.2. The topological polar surface area (TPSA) is 6.48 Å². The van der Waals surface area contributed by atoms with E-state index in [0.717, 1.165) is 34.9 Å².